The minimum Gasteiger partial charge on any atom is -0.467 e. The second kappa shape index (κ2) is 11.1. The summed E-state index contributed by atoms with van der Waals surface area (Å²) in [7, 11) is -1.03. The molecule has 1 N–H and O–H groups in total. The maximum atomic E-state index is 14.1. The van der Waals surface area contributed by atoms with Crippen molar-refractivity contribution in [2.45, 2.75) is 22.9 Å². The smallest absolute Gasteiger partial charge is 0.410 e. The van der Waals surface area contributed by atoms with Crippen LogP contribution in [0.3, 0.4) is 0 Å². The molecule has 0 spiro atoms. The van der Waals surface area contributed by atoms with E-state index in [2.05, 4.69) is 0 Å². The van der Waals surface area contributed by atoms with Crippen molar-refractivity contribution in [3.63, 3.8) is 0 Å². The molecule has 0 unspecified atom stereocenters. The lowest BCUT2D eigenvalue weighted by atomic mass is 9.88. The van der Waals surface area contributed by atoms with Gasteiger partial charge in [0.1, 0.15) is 11.8 Å². The number of methoxy groups -OCH3 is 3. The fourth-order valence-corrected chi connectivity index (χ4v) is 6.18. The van der Waals surface area contributed by atoms with Gasteiger partial charge in [-0.15, -0.1) is 0 Å². The summed E-state index contributed by atoms with van der Waals surface area (Å²) in [6.07, 6.45) is -0.884. The number of carbonyl (C=O) groups is 3. The van der Waals surface area contributed by atoms with Crippen LogP contribution in [-0.2, 0) is 29.0 Å². The van der Waals surface area contributed by atoms with Crippen LogP contribution in [0.2, 0.25) is 0 Å². The molecule has 0 saturated carbocycles. The number of hydrogen-bond acceptors (Lipinski definition) is 12. The van der Waals surface area contributed by atoms with Gasteiger partial charge in [0.2, 0.25) is 0 Å². The van der Waals surface area contributed by atoms with E-state index in [4.69, 9.17) is 18.9 Å². The lowest BCUT2D eigenvalue weighted by Crippen LogP contribution is -2.40. The molecular formula is C24H25N3O12S. The molecule has 2 aliphatic rings. The number of ketones is 1. The highest BCUT2D eigenvalue weighted by Crippen LogP contribution is 2.47. The third-order valence-electron chi connectivity index (χ3n) is 6.61. The Morgan fingerprint density at radius 1 is 1.12 bits per heavy atom. The number of nitro groups is 1. The number of nitrogens with zero attached hydrogens (tertiary/aromatic N) is 3. The average molecular weight is 580 g/mol. The summed E-state index contributed by atoms with van der Waals surface area (Å²) in [5, 5.41) is 21.5. The quantitative estimate of drug-likeness (QED) is 0.154. The van der Waals surface area contributed by atoms with Crippen molar-refractivity contribution < 1.29 is 51.8 Å². The molecule has 2 aromatic rings. The first-order chi connectivity index (χ1) is 19.0. The number of fused-ring (bicyclic) bond motifs is 2. The Balaban J connectivity index is 2.00. The van der Waals surface area contributed by atoms with Crippen LogP contribution in [-0.4, -0.2) is 94.6 Å². The summed E-state index contributed by atoms with van der Waals surface area (Å²) < 4.78 is 49.1. The predicted octanol–water partition coefficient (Wildman–Crippen LogP) is 1.04. The number of non-ortho nitro benzene ring substituents is 1. The second-order valence-electron chi connectivity index (χ2n) is 8.76. The third-order valence-corrected chi connectivity index (χ3v) is 8.41. The minimum atomic E-state index is -4.56. The maximum absolute atomic E-state index is 14.1. The first kappa shape index (κ1) is 28.7. The Hall–Kier alpha value is -4.28. The Kier molecular flexibility index (Phi) is 7.95. The zero-order valence-electron chi connectivity index (χ0n) is 21.5. The standard InChI is InChI=1S/C24H25N3O12S/c1-36-12-39-19-9-13(23(30)37-2)8-17-20(19)16(11-28)22(29)21-18(26(21)24(31)38-3)10-25(17)40(34,35)15-6-4-14(5-7-15)27(32)33/h4-9,16,18,21,28H,10-12H2,1-3H3/t16-,18+,21+,26?/m1/s1. The monoisotopic (exact) mass is 579 g/mol. The first-order valence-electron chi connectivity index (χ1n) is 11.7. The van der Waals surface area contributed by atoms with Crippen molar-refractivity contribution in [2.75, 3.05) is 45.6 Å². The number of benzene rings is 2. The van der Waals surface area contributed by atoms with Crippen LogP contribution in [0.1, 0.15) is 21.8 Å². The van der Waals surface area contributed by atoms with Crippen LogP contribution >= 0.6 is 0 Å². The molecule has 0 aliphatic carbocycles. The highest BCUT2D eigenvalue weighted by Gasteiger charge is 2.60. The van der Waals surface area contributed by atoms with Crippen LogP contribution < -0.4 is 9.04 Å². The van der Waals surface area contributed by atoms with E-state index in [1.807, 2.05) is 0 Å². The molecule has 3 atom stereocenters. The molecule has 1 amide bonds. The van der Waals surface area contributed by atoms with Gasteiger partial charge in [-0.1, -0.05) is 0 Å². The number of rotatable bonds is 8. The Labute approximate surface area is 228 Å². The fourth-order valence-electron chi connectivity index (χ4n) is 4.69. The van der Waals surface area contributed by atoms with Crippen molar-refractivity contribution in [1.82, 2.24) is 4.90 Å². The second-order valence-corrected chi connectivity index (χ2v) is 10.6. The molecule has 0 radical (unpaired) electrons. The number of amides is 1. The summed E-state index contributed by atoms with van der Waals surface area (Å²) in [4.78, 5) is 49.7. The Morgan fingerprint density at radius 3 is 2.35 bits per heavy atom. The molecular weight excluding hydrogens is 554 g/mol. The molecule has 4 rings (SSSR count). The number of carbonyl (C=O) groups excluding carboxylic acids is 3. The zero-order chi connectivity index (χ0) is 29.4. The van der Waals surface area contributed by atoms with Crippen molar-refractivity contribution in [2.24, 2.45) is 0 Å². The number of anilines is 1. The SMILES string of the molecule is COCOc1cc(C(=O)OC)cc2c1[C@@H](CO)C(=O)[C@@H]1[C@H](CN2S(=O)(=O)c2ccc([N+](=O)[O-])cc2)N1C(=O)OC. The largest absolute Gasteiger partial charge is 0.467 e. The van der Waals surface area contributed by atoms with E-state index in [9.17, 15) is 38.0 Å². The van der Waals surface area contributed by atoms with Gasteiger partial charge in [0.05, 0.1) is 60.4 Å². The van der Waals surface area contributed by atoms with Crippen molar-refractivity contribution in [3.8, 4) is 5.75 Å². The van der Waals surface area contributed by atoms with Crippen LogP contribution in [0.4, 0.5) is 16.2 Å². The molecule has 2 heterocycles. The summed E-state index contributed by atoms with van der Waals surface area (Å²) in [5.41, 5.74) is -0.758. The van der Waals surface area contributed by atoms with Crippen LogP contribution in [0, 0.1) is 10.1 Å². The van der Waals surface area contributed by atoms with Gasteiger partial charge in [-0.3, -0.25) is 24.1 Å². The van der Waals surface area contributed by atoms with Gasteiger partial charge in [0.15, 0.2) is 12.6 Å². The lowest BCUT2D eigenvalue weighted by Gasteiger charge is -2.31. The topological polar surface area (TPSA) is 192 Å². The minimum absolute atomic E-state index is 0.0714. The van der Waals surface area contributed by atoms with E-state index < -0.39 is 63.9 Å². The molecule has 0 bridgehead atoms. The number of sulfonamides is 1. The van der Waals surface area contributed by atoms with E-state index in [0.29, 0.717) is 0 Å². The van der Waals surface area contributed by atoms with E-state index in [1.54, 1.807) is 0 Å². The highest BCUT2D eigenvalue weighted by molar-refractivity contribution is 7.92. The fraction of sp³-hybridized carbons (Fsp3) is 0.375. The average Bonchev–Trinajstić information content (AvgIpc) is 3.67. The molecule has 2 aliphatic heterocycles. The van der Waals surface area contributed by atoms with Crippen molar-refractivity contribution in [3.05, 3.63) is 57.6 Å². The third kappa shape index (κ3) is 4.91. The van der Waals surface area contributed by atoms with Crippen molar-refractivity contribution >= 4 is 39.2 Å². The van der Waals surface area contributed by atoms with Gasteiger partial charge in [-0.2, -0.15) is 0 Å². The van der Waals surface area contributed by atoms with Gasteiger partial charge in [-0.05, 0) is 24.3 Å². The number of ether oxygens (including phenoxy) is 4. The number of nitro benzene ring substituents is 1. The molecule has 0 aromatic heterocycles. The summed E-state index contributed by atoms with van der Waals surface area (Å²) in [5.74, 6) is -2.97. The van der Waals surface area contributed by atoms with E-state index >= 15 is 0 Å². The van der Waals surface area contributed by atoms with Gasteiger partial charge in [-0.25, -0.2) is 18.0 Å². The van der Waals surface area contributed by atoms with Gasteiger partial charge in [0, 0.05) is 24.8 Å². The van der Waals surface area contributed by atoms with Gasteiger partial charge in [0.25, 0.3) is 15.7 Å². The summed E-state index contributed by atoms with van der Waals surface area (Å²) in [6.45, 7) is -1.61. The number of hydrogen-bond donors (Lipinski definition) is 1. The number of Topliss-reactive ketones (excluding diaryl/α,β-unsaturated/α-hetero) is 1. The molecule has 16 heteroatoms. The zero-order valence-corrected chi connectivity index (χ0v) is 22.3. The normalized spacial score (nSPS) is 20.0. The molecule has 40 heavy (non-hydrogen) atoms. The van der Waals surface area contributed by atoms with Crippen molar-refractivity contribution in [1.29, 1.82) is 0 Å². The lowest BCUT2D eigenvalue weighted by molar-refractivity contribution is -0.384. The van der Waals surface area contributed by atoms with E-state index in [1.165, 1.54) is 19.2 Å². The van der Waals surface area contributed by atoms with E-state index in [0.717, 1.165) is 47.7 Å². The van der Waals surface area contributed by atoms with Gasteiger partial charge >= 0.3 is 12.1 Å². The molecule has 214 valence electrons. The molecule has 15 nitrogen and oxygen atoms in total. The molecule has 1 saturated heterocycles. The number of aliphatic hydroxyl groups is 1. The van der Waals surface area contributed by atoms with Gasteiger partial charge < -0.3 is 24.1 Å². The van der Waals surface area contributed by atoms with Crippen LogP contribution in [0.5, 0.6) is 5.75 Å². The highest BCUT2D eigenvalue weighted by atomic mass is 32.2. The molecule has 2 aromatic carbocycles. The van der Waals surface area contributed by atoms with Crippen LogP contribution in [0.15, 0.2) is 41.3 Å². The maximum Gasteiger partial charge on any atom is 0.410 e. The Bertz CT molecular complexity index is 1460. The predicted molar refractivity (Wildman–Crippen MR) is 135 cm³/mol. The van der Waals surface area contributed by atoms with E-state index in [-0.39, 0.29) is 39.9 Å². The number of aliphatic hydroxyl groups excluding tert-OH is 1. The molecule has 1 fully saturated rings. The Morgan fingerprint density at radius 2 is 1.80 bits per heavy atom. The van der Waals surface area contributed by atoms with Crippen LogP contribution in [0.25, 0.3) is 0 Å². The summed E-state index contributed by atoms with van der Waals surface area (Å²) in [6, 6.07) is 4.40. The summed E-state index contributed by atoms with van der Waals surface area (Å²) >= 11 is 0. The first-order valence-corrected chi connectivity index (χ1v) is 13.1. The number of esters is 1.